The second kappa shape index (κ2) is 4.37. The van der Waals surface area contributed by atoms with Crippen LogP contribution in [0.4, 0.5) is 0 Å². The summed E-state index contributed by atoms with van der Waals surface area (Å²) in [4.78, 5) is 28.7. The maximum absolute atomic E-state index is 12.5. The lowest BCUT2D eigenvalue weighted by molar-refractivity contribution is -0.127. The Kier molecular flexibility index (Phi) is 2.78. The summed E-state index contributed by atoms with van der Waals surface area (Å²) in [6, 6.07) is 9.64. The number of allylic oxidation sites excluding steroid dienone is 2. The van der Waals surface area contributed by atoms with Crippen LogP contribution in [-0.4, -0.2) is 16.6 Å². The van der Waals surface area contributed by atoms with Crippen LogP contribution in [0.2, 0.25) is 0 Å². The van der Waals surface area contributed by atoms with Crippen molar-refractivity contribution < 1.29 is 9.59 Å². The van der Waals surface area contributed by atoms with Crippen LogP contribution in [0.1, 0.15) is 25.8 Å². The summed E-state index contributed by atoms with van der Waals surface area (Å²) >= 11 is 0. The van der Waals surface area contributed by atoms with Crippen LogP contribution in [0.5, 0.6) is 0 Å². The van der Waals surface area contributed by atoms with Gasteiger partial charge < -0.3 is 0 Å². The maximum Gasteiger partial charge on any atom is 0.169 e. The Labute approximate surface area is 117 Å². The van der Waals surface area contributed by atoms with Gasteiger partial charge in [-0.2, -0.15) is 0 Å². The lowest BCUT2D eigenvalue weighted by Crippen LogP contribution is -2.32. The molecule has 1 aliphatic carbocycles. The number of hydrogen-bond donors (Lipinski definition) is 0. The van der Waals surface area contributed by atoms with Gasteiger partial charge in [-0.15, -0.1) is 0 Å². The summed E-state index contributed by atoms with van der Waals surface area (Å²) in [6.45, 7) is 3.63. The summed E-state index contributed by atoms with van der Waals surface area (Å²) in [6.07, 6.45) is 3.40. The van der Waals surface area contributed by atoms with Crippen molar-refractivity contribution in [2.75, 3.05) is 0 Å². The fourth-order valence-corrected chi connectivity index (χ4v) is 2.59. The number of carbonyl (C=O) groups excluding carboxylic acids is 2. The van der Waals surface area contributed by atoms with Gasteiger partial charge in [0.1, 0.15) is 0 Å². The van der Waals surface area contributed by atoms with Gasteiger partial charge in [-0.25, -0.2) is 0 Å². The average Bonchev–Trinajstić information content (AvgIpc) is 2.42. The Morgan fingerprint density at radius 2 is 1.90 bits per heavy atom. The molecule has 1 aromatic heterocycles. The maximum atomic E-state index is 12.5. The Morgan fingerprint density at radius 3 is 2.70 bits per heavy atom. The minimum absolute atomic E-state index is 0.00208. The van der Waals surface area contributed by atoms with Gasteiger partial charge in [0.05, 0.1) is 5.52 Å². The predicted octanol–water partition coefficient (Wildman–Crippen LogP) is 3.19. The van der Waals surface area contributed by atoms with Crippen LogP contribution < -0.4 is 0 Å². The molecule has 20 heavy (non-hydrogen) atoms. The number of ketones is 2. The van der Waals surface area contributed by atoms with E-state index in [4.69, 9.17) is 0 Å². The highest BCUT2D eigenvalue weighted by atomic mass is 16.1. The predicted molar refractivity (Wildman–Crippen MR) is 78.1 cm³/mol. The normalized spacial score (nSPS) is 18.2. The largest absolute Gasteiger partial charge is 0.295 e. The first-order valence-electron chi connectivity index (χ1n) is 6.62. The molecule has 1 aromatic carbocycles. The van der Waals surface area contributed by atoms with Crippen LogP contribution >= 0.6 is 0 Å². The quantitative estimate of drug-likeness (QED) is 0.795. The third kappa shape index (κ3) is 2.05. The monoisotopic (exact) mass is 265 g/mol. The van der Waals surface area contributed by atoms with Crippen molar-refractivity contribution in [1.82, 2.24) is 4.98 Å². The van der Waals surface area contributed by atoms with Gasteiger partial charge in [-0.3, -0.25) is 14.6 Å². The number of pyridine rings is 1. The van der Waals surface area contributed by atoms with Crippen LogP contribution in [0.15, 0.2) is 42.6 Å². The molecular weight excluding hydrogens is 250 g/mol. The number of nitrogens with zero attached hydrogens (tertiary/aromatic N) is 1. The highest BCUT2D eigenvalue weighted by molar-refractivity contribution is 6.30. The zero-order valence-electron chi connectivity index (χ0n) is 11.5. The van der Waals surface area contributed by atoms with E-state index in [0.29, 0.717) is 5.57 Å². The zero-order chi connectivity index (χ0) is 14.3. The van der Waals surface area contributed by atoms with E-state index in [-0.39, 0.29) is 18.0 Å². The number of aromatic nitrogens is 1. The van der Waals surface area contributed by atoms with E-state index < -0.39 is 5.41 Å². The molecule has 0 saturated heterocycles. The first-order valence-corrected chi connectivity index (χ1v) is 6.62. The summed E-state index contributed by atoms with van der Waals surface area (Å²) in [7, 11) is 0. The number of fused-ring (bicyclic) bond motifs is 1. The molecule has 0 fully saturated rings. The Bertz CT molecular complexity index is 756. The second-order valence-corrected chi connectivity index (χ2v) is 5.83. The van der Waals surface area contributed by atoms with E-state index in [0.717, 1.165) is 16.5 Å². The van der Waals surface area contributed by atoms with Crippen molar-refractivity contribution >= 4 is 28.0 Å². The van der Waals surface area contributed by atoms with E-state index in [9.17, 15) is 9.59 Å². The molecule has 3 heteroatoms. The SMILES string of the molecule is CC1(C)CC(=O)C=C(c2cnc3ccccc3c2)C1=O. The molecule has 0 unspecified atom stereocenters. The smallest absolute Gasteiger partial charge is 0.169 e. The highest BCUT2D eigenvalue weighted by Crippen LogP contribution is 2.35. The third-order valence-electron chi connectivity index (χ3n) is 3.68. The standard InChI is InChI=1S/C17H15NO2/c1-17(2)9-13(19)8-14(16(17)20)12-7-11-5-3-4-6-15(11)18-10-12/h3-8,10H,9H2,1-2H3. The van der Waals surface area contributed by atoms with Crippen molar-refractivity contribution in [2.45, 2.75) is 20.3 Å². The van der Waals surface area contributed by atoms with E-state index in [1.807, 2.05) is 44.2 Å². The van der Waals surface area contributed by atoms with E-state index in [1.165, 1.54) is 6.08 Å². The number of benzene rings is 1. The van der Waals surface area contributed by atoms with E-state index in [1.54, 1.807) is 6.20 Å². The molecule has 1 aliphatic rings. The molecule has 3 nitrogen and oxygen atoms in total. The molecule has 0 bridgehead atoms. The third-order valence-corrected chi connectivity index (χ3v) is 3.68. The van der Waals surface area contributed by atoms with Crippen LogP contribution in [0, 0.1) is 5.41 Å². The van der Waals surface area contributed by atoms with Gasteiger partial charge in [-0.1, -0.05) is 32.0 Å². The van der Waals surface area contributed by atoms with Crippen molar-refractivity contribution in [2.24, 2.45) is 5.41 Å². The summed E-state index contributed by atoms with van der Waals surface area (Å²) in [5.41, 5.74) is 1.44. The number of hydrogen-bond acceptors (Lipinski definition) is 3. The van der Waals surface area contributed by atoms with Crippen LogP contribution in [0.3, 0.4) is 0 Å². The van der Waals surface area contributed by atoms with Gasteiger partial charge in [0.2, 0.25) is 0 Å². The topological polar surface area (TPSA) is 47.0 Å². The molecule has 3 rings (SSSR count). The zero-order valence-corrected chi connectivity index (χ0v) is 11.5. The number of carbonyl (C=O) groups is 2. The van der Waals surface area contributed by atoms with Crippen molar-refractivity contribution in [3.05, 3.63) is 48.2 Å². The lowest BCUT2D eigenvalue weighted by Gasteiger charge is -2.27. The summed E-state index contributed by atoms with van der Waals surface area (Å²) in [5.74, 6) is 0.00643. The first kappa shape index (κ1) is 12.7. The van der Waals surface area contributed by atoms with E-state index >= 15 is 0 Å². The molecule has 0 aliphatic heterocycles. The molecule has 0 spiro atoms. The average molecular weight is 265 g/mol. The second-order valence-electron chi connectivity index (χ2n) is 5.83. The molecule has 100 valence electrons. The first-order chi connectivity index (χ1) is 9.47. The van der Waals surface area contributed by atoms with Crippen molar-refractivity contribution in [3.8, 4) is 0 Å². The molecule has 0 radical (unpaired) electrons. The minimum Gasteiger partial charge on any atom is -0.295 e. The molecule has 1 heterocycles. The molecule has 2 aromatic rings. The van der Waals surface area contributed by atoms with Crippen molar-refractivity contribution in [3.63, 3.8) is 0 Å². The summed E-state index contributed by atoms with van der Waals surface area (Å²) in [5, 5.41) is 0.967. The Morgan fingerprint density at radius 1 is 1.15 bits per heavy atom. The molecule has 0 N–H and O–H groups in total. The lowest BCUT2D eigenvalue weighted by atomic mass is 9.74. The Balaban J connectivity index is 2.14. The summed E-state index contributed by atoms with van der Waals surface area (Å²) < 4.78 is 0. The fraction of sp³-hybridized carbons (Fsp3) is 0.235. The van der Waals surface area contributed by atoms with Gasteiger partial charge in [0, 0.05) is 34.6 Å². The molecule has 0 amide bonds. The number of Topliss-reactive ketones (excluding diaryl/α,β-unsaturated/α-hetero) is 1. The molecular formula is C17H15NO2. The minimum atomic E-state index is -0.632. The van der Waals surface area contributed by atoms with E-state index in [2.05, 4.69) is 4.98 Å². The van der Waals surface area contributed by atoms with Crippen LogP contribution in [-0.2, 0) is 9.59 Å². The number of para-hydroxylation sites is 1. The van der Waals surface area contributed by atoms with Gasteiger partial charge in [-0.05, 0) is 18.2 Å². The molecule has 0 saturated carbocycles. The van der Waals surface area contributed by atoms with Gasteiger partial charge in [0.15, 0.2) is 11.6 Å². The number of rotatable bonds is 1. The fourth-order valence-electron chi connectivity index (χ4n) is 2.59. The Hall–Kier alpha value is -2.29. The van der Waals surface area contributed by atoms with Crippen LogP contribution in [0.25, 0.3) is 16.5 Å². The van der Waals surface area contributed by atoms with Gasteiger partial charge in [0.25, 0.3) is 0 Å². The van der Waals surface area contributed by atoms with Gasteiger partial charge >= 0.3 is 0 Å². The highest BCUT2D eigenvalue weighted by Gasteiger charge is 2.36. The molecule has 0 atom stereocenters. The van der Waals surface area contributed by atoms with Crippen molar-refractivity contribution in [1.29, 1.82) is 0 Å².